The Morgan fingerprint density at radius 1 is 0.696 bits per heavy atom. The SMILES string of the molecule is C=C1CC[C@H]2[C@H](CN)[C@@H]([C@@]3(C)CC[C@H](O)C[C@@H]3CO)CC[C@]12C.CC1=CC[C@H]2[C@H](CN)[C@@H]([C@@]3(C)CC[C@H](O)C[C@@H]3CO)CC[C@]12C. The van der Waals surface area contributed by atoms with Crippen LogP contribution in [0.15, 0.2) is 23.8 Å². The molecule has 14 atom stereocenters. The van der Waals surface area contributed by atoms with Crippen molar-refractivity contribution in [1.29, 1.82) is 0 Å². The van der Waals surface area contributed by atoms with Crippen LogP contribution in [0.5, 0.6) is 0 Å². The van der Waals surface area contributed by atoms with Gasteiger partial charge in [0.2, 0.25) is 0 Å². The van der Waals surface area contributed by atoms with E-state index in [1.807, 2.05) is 0 Å². The van der Waals surface area contributed by atoms with Gasteiger partial charge < -0.3 is 31.9 Å². The van der Waals surface area contributed by atoms with E-state index in [-0.39, 0.29) is 53.5 Å². The van der Waals surface area contributed by atoms with Crippen LogP contribution in [0.4, 0.5) is 0 Å². The third-order valence-corrected chi connectivity index (χ3v) is 16.5. The van der Waals surface area contributed by atoms with Crippen molar-refractivity contribution in [3.8, 4) is 0 Å². The summed E-state index contributed by atoms with van der Waals surface area (Å²) >= 11 is 0. The number of fused-ring (bicyclic) bond motifs is 2. The predicted molar refractivity (Wildman–Crippen MR) is 188 cm³/mol. The molecule has 264 valence electrons. The highest BCUT2D eigenvalue weighted by molar-refractivity contribution is 5.23. The normalized spacial score (nSPS) is 50.7. The summed E-state index contributed by atoms with van der Waals surface area (Å²) in [5, 5.41) is 40.0. The summed E-state index contributed by atoms with van der Waals surface area (Å²) in [7, 11) is 0. The van der Waals surface area contributed by atoms with Crippen molar-refractivity contribution in [2.75, 3.05) is 26.3 Å². The van der Waals surface area contributed by atoms with E-state index >= 15 is 0 Å². The average molecular weight is 643 g/mol. The highest BCUT2D eigenvalue weighted by atomic mass is 16.3. The second kappa shape index (κ2) is 13.9. The molecule has 5 saturated carbocycles. The van der Waals surface area contributed by atoms with Gasteiger partial charge >= 0.3 is 0 Å². The van der Waals surface area contributed by atoms with E-state index < -0.39 is 0 Å². The Morgan fingerprint density at radius 3 is 1.65 bits per heavy atom. The van der Waals surface area contributed by atoms with Crippen LogP contribution in [-0.4, -0.2) is 58.9 Å². The van der Waals surface area contributed by atoms with Crippen LogP contribution in [0.2, 0.25) is 0 Å². The van der Waals surface area contributed by atoms with E-state index in [2.05, 4.69) is 47.3 Å². The van der Waals surface area contributed by atoms with Crippen LogP contribution in [0, 0.1) is 69.0 Å². The van der Waals surface area contributed by atoms with Gasteiger partial charge in [0.05, 0.1) is 12.2 Å². The number of aliphatic hydroxyl groups is 4. The standard InChI is InChI=1S/2C20H35NO2/c2*1-13-4-5-17-16(11-21)18(7-9-19(13,17)2)20(3)8-6-15(23)10-14(20)12-22/h4,14-18,22-23H,5-12,21H2,1-3H3;14-18,22-23H,1,4-12,21H2,2-3H3/t2*14-,15+,16+,17+,18+,19-,20+/m11/s1. The first kappa shape index (κ1) is 36.5. The summed E-state index contributed by atoms with van der Waals surface area (Å²) in [5.41, 5.74) is 16.4. The maximum atomic E-state index is 10.0. The predicted octanol–water partition coefficient (Wildman–Crippen LogP) is 6.21. The Bertz CT molecular complexity index is 1110. The van der Waals surface area contributed by atoms with Gasteiger partial charge in [0.15, 0.2) is 0 Å². The Kier molecular flexibility index (Phi) is 11.0. The minimum atomic E-state index is -0.239. The highest BCUT2D eigenvalue weighted by Gasteiger charge is 2.57. The van der Waals surface area contributed by atoms with Crippen molar-refractivity contribution >= 4 is 0 Å². The lowest BCUT2D eigenvalue weighted by molar-refractivity contribution is -0.0927. The van der Waals surface area contributed by atoms with Crippen molar-refractivity contribution < 1.29 is 20.4 Å². The summed E-state index contributed by atoms with van der Waals surface area (Å²) in [6.45, 7) is 18.1. The zero-order chi connectivity index (χ0) is 33.7. The van der Waals surface area contributed by atoms with E-state index in [1.54, 1.807) is 5.57 Å². The van der Waals surface area contributed by atoms with E-state index in [0.29, 0.717) is 40.9 Å². The molecule has 8 N–H and O–H groups in total. The van der Waals surface area contributed by atoms with Gasteiger partial charge in [-0.3, -0.25) is 0 Å². The van der Waals surface area contributed by atoms with Crippen LogP contribution in [-0.2, 0) is 0 Å². The summed E-state index contributed by atoms with van der Waals surface area (Å²) in [6.07, 6.45) is 15.7. The minimum absolute atomic E-state index is 0.114. The van der Waals surface area contributed by atoms with E-state index in [9.17, 15) is 20.4 Å². The molecule has 0 heterocycles. The maximum Gasteiger partial charge on any atom is 0.0544 e. The Morgan fingerprint density at radius 2 is 1.17 bits per heavy atom. The van der Waals surface area contributed by atoms with E-state index in [0.717, 1.165) is 58.0 Å². The van der Waals surface area contributed by atoms with Crippen molar-refractivity contribution in [2.24, 2.45) is 80.5 Å². The van der Waals surface area contributed by atoms with Gasteiger partial charge in [-0.05, 0) is 172 Å². The molecule has 6 aliphatic rings. The molecule has 6 heteroatoms. The molecule has 0 amide bonds. The third-order valence-electron chi connectivity index (χ3n) is 16.5. The quantitative estimate of drug-likeness (QED) is 0.191. The molecular formula is C40H70N2O4. The number of rotatable bonds is 6. The minimum Gasteiger partial charge on any atom is -0.396 e. The number of aliphatic hydroxyl groups excluding tert-OH is 4. The lowest BCUT2D eigenvalue weighted by atomic mass is 9.49. The first-order valence-corrected chi connectivity index (χ1v) is 19.1. The van der Waals surface area contributed by atoms with Gasteiger partial charge in [-0.25, -0.2) is 0 Å². The molecule has 0 aliphatic heterocycles. The Balaban J connectivity index is 0.000000181. The number of hydrogen-bond acceptors (Lipinski definition) is 6. The summed E-state index contributed by atoms with van der Waals surface area (Å²) < 4.78 is 0. The average Bonchev–Trinajstić information content (AvgIpc) is 3.52. The molecule has 0 bridgehead atoms. The summed E-state index contributed by atoms with van der Waals surface area (Å²) in [4.78, 5) is 0. The van der Waals surface area contributed by atoms with Crippen molar-refractivity contribution in [1.82, 2.24) is 0 Å². The summed E-state index contributed by atoms with van der Waals surface area (Å²) in [6, 6.07) is 0. The maximum absolute atomic E-state index is 10.0. The topological polar surface area (TPSA) is 133 Å². The smallest absolute Gasteiger partial charge is 0.0544 e. The van der Waals surface area contributed by atoms with E-state index in [4.69, 9.17) is 11.5 Å². The van der Waals surface area contributed by atoms with Crippen molar-refractivity contribution in [3.63, 3.8) is 0 Å². The lowest BCUT2D eigenvalue weighted by Crippen LogP contribution is -2.53. The first-order chi connectivity index (χ1) is 21.7. The molecule has 0 aromatic rings. The van der Waals surface area contributed by atoms with Crippen LogP contribution in [0.25, 0.3) is 0 Å². The second-order valence-corrected chi connectivity index (χ2v) is 18.0. The van der Waals surface area contributed by atoms with Gasteiger partial charge in [0.25, 0.3) is 0 Å². The largest absolute Gasteiger partial charge is 0.396 e. The molecule has 0 spiro atoms. The molecule has 0 radical (unpaired) electrons. The van der Waals surface area contributed by atoms with Gasteiger partial charge in [0, 0.05) is 13.2 Å². The number of nitrogens with two attached hydrogens (primary N) is 2. The molecule has 5 fully saturated rings. The zero-order valence-corrected chi connectivity index (χ0v) is 30.0. The fourth-order valence-corrected chi connectivity index (χ4v) is 12.9. The van der Waals surface area contributed by atoms with E-state index in [1.165, 1.54) is 44.1 Å². The van der Waals surface area contributed by atoms with Crippen LogP contribution in [0.3, 0.4) is 0 Å². The molecule has 0 saturated heterocycles. The number of hydrogen-bond donors (Lipinski definition) is 6. The lowest BCUT2D eigenvalue weighted by Gasteiger charge is -2.56. The molecular weight excluding hydrogens is 572 g/mol. The molecule has 6 aliphatic carbocycles. The Hall–Kier alpha value is -0.760. The third kappa shape index (κ3) is 6.02. The molecule has 0 unspecified atom stereocenters. The monoisotopic (exact) mass is 643 g/mol. The second-order valence-electron chi connectivity index (χ2n) is 18.0. The van der Waals surface area contributed by atoms with Gasteiger partial charge in [0.1, 0.15) is 0 Å². The molecule has 0 aromatic carbocycles. The fraction of sp³-hybridized carbons (Fsp3) is 0.900. The molecule has 0 aromatic heterocycles. The van der Waals surface area contributed by atoms with Gasteiger partial charge in [-0.1, -0.05) is 51.5 Å². The molecule has 6 nitrogen and oxygen atoms in total. The molecule has 6 rings (SSSR count). The zero-order valence-electron chi connectivity index (χ0n) is 30.0. The van der Waals surface area contributed by atoms with Crippen molar-refractivity contribution in [2.45, 2.75) is 130 Å². The fourth-order valence-electron chi connectivity index (χ4n) is 12.9. The van der Waals surface area contributed by atoms with Gasteiger partial charge in [-0.2, -0.15) is 0 Å². The highest BCUT2D eigenvalue weighted by Crippen LogP contribution is 2.64. The number of allylic oxidation sites excluding steroid dienone is 3. The summed E-state index contributed by atoms with van der Waals surface area (Å²) in [5.74, 6) is 3.95. The molecule has 46 heavy (non-hydrogen) atoms. The van der Waals surface area contributed by atoms with Crippen LogP contribution < -0.4 is 11.5 Å². The van der Waals surface area contributed by atoms with Crippen LogP contribution >= 0.6 is 0 Å². The van der Waals surface area contributed by atoms with Crippen LogP contribution in [0.1, 0.15) is 118 Å². The van der Waals surface area contributed by atoms with Gasteiger partial charge in [-0.15, -0.1) is 0 Å². The van der Waals surface area contributed by atoms with Crippen molar-refractivity contribution in [3.05, 3.63) is 23.8 Å². The first-order valence-electron chi connectivity index (χ1n) is 19.1. The Labute approximate surface area is 280 Å².